The third-order valence-electron chi connectivity index (χ3n) is 1.95. The number of hydrogen-bond donors (Lipinski definition) is 0. The Bertz CT molecular complexity index is 374. The van der Waals surface area contributed by atoms with E-state index in [0.29, 0.717) is 28.6 Å². The Kier molecular flexibility index (Phi) is 2.18. The van der Waals surface area contributed by atoms with Crippen LogP contribution in [0.4, 0.5) is 0 Å². The fourth-order valence-corrected chi connectivity index (χ4v) is 1.77. The van der Waals surface area contributed by atoms with E-state index in [1.807, 2.05) is 0 Å². The van der Waals surface area contributed by atoms with Crippen LogP contribution >= 0.6 is 23.2 Å². The van der Waals surface area contributed by atoms with E-state index in [4.69, 9.17) is 27.9 Å². The average Bonchev–Trinajstić information content (AvgIpc) is 2.12. The van der Waals surface area contributed by atoms with Crippen molar-refractivity contribution in [3.63, 3.8) is 0 Å². The molecule has 1 aliphatic rings. The Labute approximate surface area is 85.4 Å². The molecular formula is C9H6Cl2O2. The van der Waals surface area contributed by atoms with Gasteiger partial charge >= 0.3 is 5.97 Å². The molecule has 0 saturated carbocycles. The molecule has 0 fully saturated rings. The summed E-state index contributed by atoms with van der Waals surface area (Å²) in [6.45, 7) is 0. The molecule has 0 bridgehead atoms. The Morgan fingerprint density at radius 1 is 1.15 bits per heavy atom. The SMILES string of the molecule is O=C1CCc2c(Cl)ccc(Cl)c2O1. The van der Waals surface area contributed by atoms with Crippen molar-refractivity contribution >= 4 is 29.2 Å². The first-order valence-electron chi connectivity index (χ1n) is 3.86. The predicted octanol–water partition coefficient (Wildman–Crippen LogP) is 2.85. The van der Waals surface area contributed by atoms with Gasteiger partial charge in [0.25, 0.3) is 0 Å². The maximum absolute atomic E-state index is 11.0. The summed E-state index contributed by atoms with van der Waals surface area (Å²) >= 11 is 11.8. The molecule has 68 valence electrons. The molecule has 1 aromatic carbocycles. The number of ether oxygens (including phenoxy) is 1. The van der Waals surface area contributed by atoms with Crippen LogP contribution in [0.3, 0.4) is 0 Å². The van der Waals surface area contributed by atoms with Gasteiger partial charge in [0.05, 0.1) is 11.4 Å². The van der Waals surface area contributed by atoms with E-state index in [-0.39, 0.29) is 5.97 Å². The molecule has 1 aliphatic heterocycles. The number of carbonyl (C=O) groups is 1. The molecule has 0 amide bonds. The standard InChI is InChI=1S/C9H6Cl2O2/c10-6-2-3-7(11)9-5(6)1-4-8(12)13-9/h2-3H,1,4H2. The number of hydrogen-bond acceptors (Lipinski definition) is 2. The van der Waals surface area contributed by atoms with Crippen molar-refractivity contribution in [3.8, 4) is 5.75 Å². The zero-order chi connectivity index (χ0) is 9.42. The van der Waals surface area contributed by atoms with Crippen LogP contribution in [-0.4, -0.2) is 5.97 Å². The van der Waals surface area contributed by atoms with Gasteiger partial charge in [-0.25, -0.2) is 0 Å². The lowest BCUT2D eigenvalue weighted by Gasteiger charge is -2.17. The minimum Gasteiger partial charge on any atom is -0.425 e. The highest BCUT2D eigenvalue weighted by molar-refractivity contribution is 6.35. The van der Waals surface area contributed by atoms with Gasteiger partial charge in [-0.1, -0.05) is 23.2 Å². The maximum atomic E-state index is 11.0. The molecule has 0 radical (unpaired) electrons. The summed E-state index contributed by atoms with van der Waals surface area (Å²) in [6.07, 6.45) is 0.973. The summed E-state index contributed by atoms with van der Waals surface area (Å²) in [5, 5.41) is 1.04. The van der Waals surface area contributed by atoms with E-state index in [2.05, 4.69) is 0 Å². The van der Waals surface area contributed by atoms with Crippen LogP contribution in [0.15, 0.2) is 12.1 Å². The van der Waals surface area contributed by atoms with Gasteiger partial charge in [0.15, 0.2) is 5.75 Å². The second-order valence-electron chi connectivity index (χ2n) is 2.81. The topological polar surface area (TPSA) is 26.3 Å². The lowest BCUT2D eigenvalue weighted by molar-refractivity contribution is -0.135. The monoisotopic (exact) mass is 216 g/mol. The highest BCUT2D eigenvalue weighted by Gasteiger charge is 2.21. The molecular weight excluding hydrogens is 211 g/mol. The largest absolute Gasteiger partial charge is 0.425 e. The summed E-state index contributed by atoms with van der Waals surface area (Å²) in [5.74, 6) is 0.169. The number of rotatable bonds is 0. The molecule has 0 spiro atoms. The van der Waals surface area contributed by atoms with Crippen molar-refractivity contribution in [2.45, 2.75) is 12.8 Å². The third-order valence-corrected chi connectivity index (χ3v) is 2.60. The van der Waals surface area contributed by atoms with Crippen molar-refractivity contribution < 1.29 is 9.53 Å². The summed E-state index contributed by atoms with van der Waals surface area (Å²) in [5.41, 5.74) is 0.828. The summed E-state index contributed by atoms with van der Waals surface area (Å²) in [6, 6.07) is 3.34. The molecule has 2 rings (SSSR count). The van der Waals surface area contributed by atoms with Crippen LogP contribution in [0.25, 0.3) is 0 Å². The summed E-state index contributed by atoms with van der Waals surface area (Å²) in [7, 11) is 0. The Balaban J connectivity index is 2.57. The van der Waals surface area contributed by atoms with Crippen LogP contribution < -0.4 is 4.74 Å². The lowest BCUT2D eigenvalue weighted by atomic mass is 10.1. The molecule has 0 saturated heterocycles. The molecule has 4 heteroatoms. The van der Waals surface area contributed by atoms with Crippen LogP contribution in [-0.2, 0) is 11.2 Å². The van der Waals surface area contributed by atoms with Gasteiger partial charge in [-0.2, -0.15) is 0 Å². The van der Waals surface area contributed by atoms with Crippen molar-refractivity contribution in [2.24, 2.45) is 0 Å². The molecule has 13 heavy (non-hydrogen) atoms. The second kappa shape index (κ2) is 3.20. The third kappa shape index (κ3) is 1.52. The summed E-state index contributed by atoms with van der Waals surface area (Å²) in [4.78, 5) is 11.0. The molecule has 1 heterocycles. The highest BCUT2D eigenvalue weighted by atomic mass is 35.5. The Morgan fingerprint density at radius 3 is 2.62 bits per heavy atom. The van der Waals surface area contributed by atoms with Gasteiger partial charge in [-0.05, 0) is 18.6 Å². The number of benzene rings is 1. The molecule has 2 nitrogen and oxygen atoms in total. The lowest BCUT2D eigenvalue weighted by Crippen LogP contribution is -2.16. The molecule has 1 aromatic rings. The fourth-order valence-electron chi connectivity index (χ4n) is 1.31. The predicted molar refractivity (Wildman–Crippen MR) is 50.4 cm³/mol. The van der Waals surface area contributed by atoms with E-state index in [9.17, 15) is 4.79 Å². The highest BCUT2D eigenvalue weighted by Crippen LogP contribution is 2.37. The van der Waals surface area contributed by atoms with E-state index >= 15 is 0 Å². The van der Waals surface area contributed by atoms with Crippen molar-refractivity contribution in [1.29, 1.82) is 0 Å². The molecule has 0 atom stereocenters. The fraction of sp³-hybridized carbons (Fsp3) is 0.222. The quantitative estimate of drug-likeness (QED) is 0.493. The van der Waals surface area contributed by atoms with Crippen molar-refractivity contribution in [3.05, 3.63) is 27.7 Å². The number of esters is 1. The molecule has 0 unspecified atom stereocenters. The van der Waals surface area contributed by atoms with Crippen molar-refractivity contribution in [2.75, 3.05) is 0 Å². The minimum atomic E-state index is -0.253. The number of carbonyl (C=O) groups excluding carboxylic acids is 1. The van der Waals surface area contributed by atoms with Gasteiger partial charge in [-0.15, -0.1) is 0 Å². The second-order valence-corrected chi connectivity index (χ2v) is 3.63. The molecule has 0 aliphatic carbocycles. The Hall–Kier alpha value is -0.730. The van der Waals surface area contributed by atoms with Gasteiger partial charge < -0.3 is 4.74 Å². The van der Waals surface area contributed by atoms with Gasteiger partial charge in [0.2, 0.25) is 0 Å². The summed E-state index contributed by atoms with van der Waals surface area (Å²) < 4.78 is 4.99. The minimum absolute atomic E-state index is 0.253. The van der Waals surface area contributed by atoms with Crippen LogP contribution in [0, 0.1) is 0 Å². The van der Waals surface area contributed by atoms with E-state index in [0.717, 1.165) is 5.56 Å². The van der Waals surface area contributed by atoms with E-state index < -0.39 is 0 Å². The van der Waals surface area contributed by atoms with Gasteiger partial charge in [-0.3, -0.25) is 4.79 Å². The normalized spacial score (nSPS) is 15.1. The van der Waals surface area contributed by atoms with Crippen LogP contribution in [0.1, 0.15) is 12.0 Å². The first-order valence-corrected chi connectivity index (χ1v) is 4.61. The van der Waals surface area contributed by atoms with Crippen molar-refractivity contribution in [1.82, 2.24) is 0 Å². The average molecular weight is 217 g/mol. The Morgan fingerprint density at radius 2 is 1.85 bits per heavy atom. The zero-order valence-corrected chi connectivity index (χ0v) is 8.15. The first kappa shape index (κ1) is 8.85. The van der Waals surface area contributed by atoms with Gasteiger partial charge in [0.1, 0.15) is 0 Å². The maximum Gasteiger partial charge on any atom is 0.311 e. The zero-order valence-electron chi connectivity index (χ0n) is 6.64. The van der Waals surface area contributed by atoms with E-state index in [1.54, 1.807) is 12.1 Å². The number of fused-ring (bicyclic) bond motifs is 1. The van der Waals surface area contributed by atoms with E-state index in [1.165, 1.54) is 0 Å². The van der Waals surface area contributed by atoms with Crippen LogP contribution in [0.2, 0.25) is 10.0 Å². The van der Waals surface area contributed by atoms with Crippen LogP contribution in [0.5, 0.6) is 5.75 Å². The van der Waals surface area contributed by atoms with Gasteiger partial charge in [0, 0.05) is 10.6 Å². The molecule has 0 N–H and O–H groups in total. The first-order chi connectivity index (χ1) is 6.18. The molecule has 0 aromatic heterocycles. The number of halogens is 2. The smallest absolute Gasteiger partial charge is 0.311 e.